The number of thioether (sulfide) groups is 1. The average Bonchev–Trinajstić information content (AvgIpc) is 3.64. The molecule has 0 aliphatic carbocycles. The number of imidazole rings is 1. The maximum Gasteiger partial charge on any atom is 0.271 e. The number of fused-ring (bicyclic) bond motifs is 1. The quantitative estimate of drug-likeness (QED) is 0.105. The minimum absolute atomic E-state index is 0.0568. The Bertz CT molecular complexity index is 1900. The molecule has 0 bridgehead atoms. The van der Waals surface area contributed by atoms with Crippen LogP contribution in [-0.4, -0.2) is 38.2 Å². The molecule has 6 rings (SSSR count). The number of nitrogens with one attached hydrogen (secondary N) is 1. The van der Waals surface area contributed by atoms with Gasteiger partial charge in [0.25, 0.3) is 5.69 Å². The first-order valence-corrected chi connectivity index (χ1v) is 14.7. The number of methoxy groups -OCH3 is 1. The number of hydrogen-bond acceptors (Lipinski definition) is 8. The van der Waals surface area contributed by atoms with Gasteiger partial charge in [0.1, 0.15) is 5.75 Å². The van der Waals surface area contributed by atoms with Gasteiger partial charge >= 0.3 is 0 Å². The standard InChI is InChI=1S/C31H23N5O4S2/c1-40-28-10-6-5-9-27(28)35-26-16-15-23(36(38)39)17-24(26)33-31(35)42-19-29(37)34-30-32-25(18-41-30)22-13-11-21(12-14-22)20-7-3-2-4-8-20/h2-18H,19H2,1H3,(H,32,34,37). The second kappa shape index (κ2) is 11.9. The fourth-order valence-corrected chi connectivity index (χ4v) is 6.07. The summed E-state index contributed by atoms with van der Waals surface area (Å²) in [6.45, 7) is 0. The number of anilines is 1. The third kappa shape index (κ3) is 5.60. The number of rotatable bonds is 9. The van der Waals surface area contributed by atoms with Gasteiger partial charge in [-0.25, -0.2) is 9.97 Å². The topological polar surface area (TPSA) is 112 Å². The van der Waals surface area contributed by atoms with Crippen LogP contribution < -0.4 is 10.1 Å². The van der Waals surface area contributed by atoms with E-state index in [2.05, 4.69) is 39.6 Å². The lowest BCUT2D eigenvalue weighted by atomic mass is 10.0. The van der Waals surface area contributed by atoms with Crippen LogP contribution in [-0.2, 0) is 4.79 Å². The normalized spacial score (nSPS) is 11.0. The molecule has 11 heteroatoms. The summed E-state index contributed by atoms with van der Waals surface area (Å²) in [6.07, 6.45) is 0. The third-order valence-electron chi connectivity index (χ3n) is 6.51. The minimum Gasteiger partial charge on any atom is -0.495 e. The van der Waals surface area contributed by atoms with E-state index in [1.54, 1.807) is 13.2 Å². The molecule has 2 heterocycles. The third-order valence-corrected chi connectivity index (χ3v) is 8.21. The molecule has 208 valence electrons. The van der Waals surface area contributed by atoms with E-state index in [0.717, 1.165) is 22.4 Å². The summed E-state index contributed by atoms with van der Waals surface area (Å²) in [5.41, 5.74) is 5.76. The van der Waals surface area contributed by atoms with Crippen molar-refractivity contribution in [2.45, 2.75) is 5.16 Å². The zero-order valence-electron chi connectivity index (χ0n) is 22.3. The number of nitro groups is 1. The minimum atomic E-state index is -0.457. The maximum absolute atomic E-state index is 12.9. The van der Waals surface area contributed by atoms with Crippen molar-refractivity contribution in [3.63, 3.8) is 0 Å². The highest BCUT2D eigenvalue weighted by Crippen LogP contribution is 2.34. The SMILES string of the molecule is COc1ccccc1-n1c(SCC(=O)Nc2nc(-c3ccc(-c4ccccc4)cc3)cs2)nc2cc([N+](=O)[O-])ccc21. The fourth-order valence-electron chi connectivity index (χ4n) is 4.52. The van der Waals surface area contributed by atoms with Gasteiger partial charge in [-0.3, -0.25) is 19.5 Å². The maximum atomic E-state index is 12.9. The molecule has 0 saturated heterocycles. The van der Waals surface area contributed by atoms with Crippen LogP contribution in [0.25, 0.3) is 39.1 Å². The van der Waals surface area contributed by atoms with Crippen molar-refractivity contribution in [2.75, 3.05) is 18.2 Å². The Balaban J connectivity index is 1.19. The van der Waals surface area contributed by atoms with Gasteiger partial charge in [-0.2, -0.15) is 0 Å². The Morgan fingerprint density at radius 2 is 1.67 bits per heavy atom. The molecular formula is C31H23N5O4S2. The van der Waals surface area contributed by atoms with Crippen LogP contribution in [0.1, 0.15) is 0 Å². The van der Waals surface area contributed by atoms with Crippen LogP contribution in [0.3, 0.4) is 0 Å². The smallest absolute Gasteiger partial charge is 0.271 e. The molecule has 2 aromatic heterocycles. The number of para-hydroxylation sites is 2. The van der Waals surface area contributed by atoms with Crippen molar-refractivity contribution in [3.05, 3.63) is 113 Å². The number of nitro benzene ring substituents is 1. The Hall–Kier alpha value is -5.00. The highest BCUT2D eigenvalue weighted by Gasteiger charge is 2.20. The van der Waals surface area contributed by atoms with E-state index < -0.39 is 4.92 Å². The molecule has 1 amide bonds. The van der Waals surface area contributed by atoms with E-state index in [1.807, 2.05) is 64.5 Å². The number of amides is 1. The van der Waals surface area contributed by atoms with E-state index in [4.69, 9.17) is 4.74 Å². The summed E-state index contributed by atoms with van der Waals surface area (Å²) < 4.78 is 7.40. The summed E-state index contributed by atoms with van der Waals surface area (Å²) in [4.78, 5) is 33.1. The van der Waals surface area contributed by atoms with Gasteiger partial charge in [-0.15, -0.1) is 11.3 Å². The monoisotopic (exact) mass is 593 g/mol. The van der Waals surface area contributed by atoms with Gasteiger partial charge in [0.05, 0.1) is 40.2 Å². The lowest BCUT2D eigenvalue weighted by Crippen LogP contribution is -2.14. The second-order valence-electron chi connectivity index (χ2n) is 9.15. The largest absolute Gasteiger partial charge is 0.495 e. The van der Waals surface area contributed by atoms with E-state index in [0.29, 0.717) is 32.8 Å². The van der Waals surface area contributed by atoms with Crippen molar-refractivity contribution in [3.8, 4) is 33.8 Å². The van der Waals surface area contributed by atoms with Gasteiger partial charge < -0.3 is 10.1 Å². The number of hydrogen-bond donors (Lipinski definition) is 1. The predicted octanol–water partition coefficient (Wildman–Crippen LogP) is 7.46. The Labute approximate surface area is 249 Å². The second-order valence-corrected chi connectivity index (χ2v) is 11.0. The lowest BCUT2D eigenvalue weighted by Gasteiger charge is -2.12. The van der Waals surface area contributed by atoms with Crippen LogP contribution in [0.5, 0.6) is 5.75 Å². The molecule has 0 spiro atoms. The van der Waals surface area contributed by atoms with Crippen molar-refractivity contribution in [2.24, 2.45) is 0 Å². The Morgan fingerprint density at radius 1 is 0.952 bits per heavy atom. The summed E-state index contributed by atoms with van der Waals surface area (Å²) in [5.74, 6) is 0.417. The number of carbonyl (C=O) groups is 1. The van der Waals surface area contributed by atoms with Gasteiger partial charge in [0.2, 0.25) is 5.91 Å². The van der Waals surface area contributed by atoms with Gasteiger partial charge in [-0.1, -0.05) is 78.5 Å². The van der Waals surface area contributed by atoms with Crippen molar-refractivity contribution in [1.82, 2.24) is 14.5 Å². The average molecular weight is 594 g/mol. The summed E-state index contributed by atoms with van der Waals surface area (Å²) in [5, 5.41) is 17.1. The number of carbonyl (C=O) groups excluding carboxylic acids is 1. The van der Waals surface area contributed by atoms with E-state index >= 15 is 0 Å². The van der Waals surface area contributed by atoms with E-state index in [-0.39, 0.29) is 17.3 Å². The molecule has 0 aliphatic rings. The first kappa shape index (κ1) is 27.2. The molecule has 0 radical (unpaired) electrons. The molecular weight excluding hydrogens is 571 g/mol. The van der Waals surface area contributed by atoms with E-state index in [9.17, 15) is 14.9 Å². The molecule has 0 saturated carbocycles. The number of ether oxygens (including phenoxy) is 1. The predicted molar refractivity (Wildman–Crippen MR) is 167 cm³/mol. The first-order chi connectivity index (χ1) is 20.5. The summed E-state index contributed by atoms with van der Waals surface area (Å²) >= 11 is 2.58. The first-order valence-electron chi connectivity index (χ1n) is 12.8. The molecule has 4 aromatic carbocycles. The van der Waals surface area contributed by atoms with Crippen LogP contribution >= 0.6 is 23.1 Å². The zero-order chi connectivity index (χ0) is 29.1. The van der Waals surface area contributed by atoms with E-state index in [1.165, 1.54) is 35.2 Å². The van der Waals surface area contributed by atoms with Crippen molar-refractivity contribution in [1.29, 1.82) is 0 Å². The summed E-state index contributed by atoms with van der Waals surface area (Å²) in [7, 11) is 1.57. The Kier molecular flexibility index (Phi) is 7.67. The highest BCUT2D eigenvalue weighted by atomic mass is 32.2. The number of non-ortho nitro benzene ring substituents is 1. The molecule has 0 unspecified atom stereocenters. The molecule has 9 nitrogen and oxygen atoms in total. The van der Waals surface area contributed by atoms with Gasteiger partial charge in [-0.05, 0) is 29.3 Å². The number of benzene rings is 4. The molecule has 0 aliphatic heterocycles. The van der Waals surface area contributed by atoms with Crippen LogP contribution in [0.2, 0.25) is 0 Å². The number of thiazole rings is 1. The number of aromatic nitrogens is 3. The highest BCUT2D eigenvalue weighted by molar-refractivity contribution is 7.99. The van der Waals surface area contributed by atoms with Crippen molar-refractivity contribution >= 4 is 50.9 Å². The van der Waals surface area contributed by atoms with Crippen LogP contribution in [0.15, 0.2) is 108 Å². The number of nitrogens with zero attached hydrogens (tertiary/aromatic N) is 4. The van der Waals surface area contributed by atoms with Crippen LogP contribution in [0, 0.1) is 10.1 Å². The van der Waals surface area contributed by atoms with Gasteiger partial charge in [0.15, 0.2) is 10.3 Å². The molecule has 6 aromatic rings. The fraction of sp³-hybridized carbons (Fsp3) is 0.0645. The summed E-state index contributed by atoms with van der Waals surface area (Å²) in [6, 6.07) is 30.2. The molecule has 0 fully saturated rings. The van der Waals surface area contributed by atoms with Crippen molar-refractivity contribution < 1.29 is 14.5 Å². The zero-order valence-corrected chi connectivity index (χ0v) is 23.9. The Morgan fingerprint density at radius 3 is 2.43 bits per heavy atom. The lowest BCUT2D eigenvalue weighted by molar-refractivity contribution is -0.384. The molecule has 42 heavy (non-hydrogen) atoms. The molecule has 1 N–H and O–H groups in total. The molecule has 0 atom stereocenters. The van der Waals surface area contributed by atoms with Gasteiger partial charge in [0, 0.05) is 23.1 Å². The van der Waals surface area contributed by atoms with Crippen LogP contribution in [0.4, 0.5) is 10.8 Å².